The monoisotopic (exact) mass is 302 g/mol. The molecule has 0 amide bonds. The first-order chi connectivity index (χ1) is 10.5. The Morgan fingerprint density at radius 2 is 1.86 bits per heavy atom. The second-order valence-electron chi connectivity index (χ2n) is 5.28. The number of carbonyl (C=O) groups is 1. The van der Waals surface area contributed by atoms with Crippen molar-refractivity contribution in [3.05, 3.63) is 47.3 Å². The molecule has 0 bridgehead atoms. The summed E-state index contributed by atoms with van der Waals surface area (Å²) in [7, 11) is 0. The molecule has 0 fully saturated rings. The summed E-state index contributed by atoms with van der Waals surface area (Å²) in [6.07, 6.45) is 0.312. The van der Waals surface area contributed by atoms with E-state index in [-0.39, 0.29) is 12.6 Å². The minimum Gasteiger partial charge on any atom is -0.490 e. The van der Waals surface area contributed by atoms with E-state index in [1.54, 1.807) is 0 Å². The highest BCUT2D eigenvalue weighted by molar-refractivity contribution is 5.69. The molecule has 0 radical (unpaired) electrons. The molecule has 0 saturated carbocycles. The van der Waals surface area contributed by atoms with E-state index in [1.165, 1.54) is 5.56 Å². The van der Waals surface area contributed by atoms with Gasteiger partial charge >= 0.3 is 5.97 Å². The van der Waals surface area contributed by atoms with Crippen LogP contribution in [0.15, 0.2) is 30.3 Å². The number of ether oxygens (including phenoxy) is 2. The maximum Gasteiger partial charge on any atom is 0.307 e. The molecular formula is C17H22N2O3. The lowest BCUT2D eigenvalue weighted by atomic mass is 10.2. The normalized spacial score (nSPS) is 10.5. The SMILES string of the molecule is Cc1ccc(OCCOC(=O)CCn2nc(C)cc2C)cc1. The number of hydrogen-bond acceptors (Lipinski definition) is 4. The standard InChI is InChI=1S/C17H22N2O3/c1-13-4-6-16(7-5-13)21-10-11-22-17(20)8-9-19-15(3)12-14(2)18-19/h4-7,12H,8-11H2,1-3H3. The predicted molar refractivity (Wildman–Crippen MR) is 84.0 cm³/mol. The number of esters is 1. The third-order valence-electron chi connectivity index (χ3n) is 3.27. The van der Waals surface area contributed by atoms with Gasteiger partial charge in [0.15, 0.2) is 0 Å². The van der Waals surface area contributed by atoms with E-state index in [0.717, 1.165) is 17.1 Å². The molecule has 1 aromatic carbocycles. The molecule has 1 aromatic heterocycles. The quantitative estimate of drug-likeness (QED) is 0.583. The largest absolute Gasteiger partial charge is 0.490 e. The van der Waals surface area contributed by atoms with Gasteiger partial charge in [-0.05, 0) is 39.0 Å². The summed E-state index contributed by atoms with van der Waals surface area (Å²) in [4.78, 5) is 11.7. The second-order valence-corrected chi connectivity index (χ2v) is 5.28. The van der Waals surface area contributed by atoms with Gasteiger partial charge in [0.1, 0.15) is 19.0 Å². The molecule has 1 heterocycles. The van der Waals surface area contributed by atoms with Gasteiger partial charge in [0, 0.05) is 5.69 Å². The van der Waals surface area contributed by atoms with E-state index < -0.39 is 0 Å². The predicted octanol–water partition coefficient (Wildman–Crippen LogP) is 2.82. The van der Waals surface area contributed by atoms with Gasteiger partial charge in [0.05, 0.1) is 18.7 Å². The summed E-state index contributed by atoms with van der Waals surface area (Å²) in [5, 5.41) is 4.31. The Bertz CT molecular complexity index is 617. The molecule has 0 atom stereocenters. The third kappa shape index (κ3) is 4.91. The van der Waals surface area contributed by atoms with Crippen molar-refractivity contribution in [2.75, 3.05) is 13.2 Å². The smallest absolute Gasteiger partial charge is 0.307 e. The summed E-state index contributed by atoms with van der Waals surface area (Å²) >= 11 is 0. The van der Waals surface area contributed by atoms with Crippen molar-refractivity contribution >= 4 is 5.97 Å². The van der Waals surface area contributed by atoms with Crippen molar-refractivity contribution in [3.8, 4) is 5.75 Å². The Hall–Kier alpha value is -2.30. The molecule has 2 rings (SSSR count). The van der Waals surface area contributed by atoms with Gasteiger partial charge in [-0.3, -0.25) is 9.48 Å². The van der Waals surface area contributed by atoms with Crippen molar-refractivity contribution in [1.82, 2.24) is 9.78 Å². The fourth-order valence-electron chi connectivity index (χ4n) is 2.12. The zero-order valence-electron chi connectivity index (χ0n) is 13.3. The molecule has 5 heteroatoms. The molecular weight excluding hydrogens is 280 g/mol. The van der Waals surface area contributed by atoms with Crippen LogP contribution in [-0.4, -0.2) is 29.0 Å². The van der Waals surface area contributed by atoms with Crippen LogP contribution in [0.5, 0.6) is 5.75 Å². The Labute approximate surface area is 130 Å². The lowest BCUT2D eigenvalue weighted by molar-refractivity contribution is -0.144. The minimum atomic E-state index is -0.236. The fraction of sp³-hybridized carbons (Fsp3) is 0.412. The van der Waals surface area contributed by atoms with Crippen LogP contribution in [0, 0.1) is 20.8 Å². The molecule has 0 aliphatic heterocycles. The lowest BCUT2D eigenvalue weighted by Gasteiger charge is -2.08. The van der Waals surface area contributed by atoms with Gasteiger partial charge in [-0.15, -0.1) is 0 Å². The zero-order chi connectivity index (χ0) is 15.9. The first-order valence-electron chi connectivity index (χ1n) is 7.41. The summed E-state index contributed by atoms with van der Waals surface area (Å²) in [5.74, 6) is 0.546. The fourth-order valence-corrected chi connectivity index (χ4v) is 2.12. The van der Waals surface area contributed by atoms with Gasteiger partial charge < -0.3 is 9.47 Å². The van der Waals surface area contributed by atoms with Crippen molar-refractivity contribution in [1.29, 1.82) is 0 Å². The highest BCUT2D eigenvalue weighted by Crippen LogP contribution is 2.11. The third-order valence-corrected chi connectivity index (χ3v) is 3.27. The summed E-state index contributed by atoms with van der Waals surface area (Å²) in [6.45, 7) is 7.08. The van der Waals surface area contributed by atoms with Gasteiger partial charge in [0.2, 0.25) is 0 Å². The molecule has 0 N–H and O–H groups in total. The molecule has 5 nitrogen and oxygen atoms in total. The van der Waals surface area contributed by atoms with Gasteiger partial charge in [-0.25, -0.2) is 0 Å². The van der Waals surface area contributed by atoms with E-state index in [2.05, 4.69) is 5.10 Å². The highest BCUT2D eigenvalue weighted by Gasteiger charge is 2.06. The first-order valence-corrected chi connectivity index (χ1v) is 7.41. The average Bonchev–Trinajstić information content (AvgIpc) is 2.81. The number of rotatable bonds is 7. The molecule has 0 spiro atoms. The second kappa shape index (κ2) is 7.64. The average molecular weight is 302 g/mol. The summed E-state index contributed by atoms with van der Waals surface area (Å²) < 4.78 is 12.5. The molecule has 0 aliphatic rings. The number of carbonyl (C=O) groups excluding carboxylic acids is 1. The van der Waals surface area contributed by atoms with Crippen molar-refractivity contribution in [2.45, 2.75) is 33.7 Å². The van der Waals surface area contributed by atoms with Crippen LogP contribution >= 0.6 is 0 Å². The number of aryl methyl sites for hydroxylation is 4. The number of aromatic nitrogens is 2. The molecule has 22 heavy (non-hydrogen) atoms. The molecule has 2 aromatic rings. The molecule has 118 valence electrons. The van der Waals surface area contributed by atoms with Crippen LogP contribution in [0.3, 0.4) is 0 Å². The Balaban J connectivity index is 1.63. The van der Waals surface area contributed by atoms with E-state index in [0.29, 0.717) is 19.6 Å². The van der Waals surface area contributed by atoms with Gasteiger partial charge in [-0.1, -0.05) is 17.7 Å². The van der Waals surface area contributed by atoms with Crippen molar-refractivity contribution in [3.63, 3.8) is 0 Å². The van der Waals surface area contributed by atoms with Gasteiger partial charge in [0.25, 0.3) is 0 Å². The van der Waals surface area contributed by atoms with Crippen LogP contribution in [0.4, 0.5) is 0 Å². The van der Waals surface area contributed by atoms with Crippen molar-refractivity contribution in [2.24, 2.45) is 0 Å². The van der Waals surface area contributed by atoms with Crippen LogP contribution in [-0.2, 0) is 16.1 Å². The number of benzene rings is 1. The van der Waals surface area contributed by atoms with Crippen molar-refractivity contribution < 1.29 is 14.3 Å². The minimum absolute atomic E-state index is 0.236. The maximum absolute atomic E-state index is 11.7. The Morgan fingerprint density at radius 3 is 2.50 bits per heavy atom. The Morgan fingerprint density at radius 1 is 1.14 bits per heavy atom. The molecule has 0 unspecified atom stereocenters. The summed E-state index contributed by atoms with van der Waals surface area (Å²) in [5.41, 5.74) is 3.19. The van der Waals surface area contributed by atoms with E-state index in [9.17, 15) is 4.79 Å². The van der Waals surface area contributed by atoms with Crippen LogP contribution in [0.1, 0.15) is 23.4 Å². The first kappa shape index (κ1) is 16.1. The van der Waals surface area contributed by atoms with E-state index in [1.807, 2.05) is 55.8 Å². The summed E-state index contributed by atoms with van der Waals surface area (Å²) in [6, 6.07) is 9.76. The lowest BCUT2D eigenvalue weighted by Crippen LogP contribution is -2.15. The zero-order valence-corrected chi connectivity index (χ0v) is 13.3. The number of hydrogen-bond donors (Lipinski definition) is 0. The van der Waals surface area contributed by atoms with E-state index in [4.69, 9.17) is 9.47 Å². The number of nitrogens with zero attached hydrogens (tertiary/aromatic N) is 2. The molecule has 0 saturated heterocycles. The maximum atomic E-state index is 11.7. The topological polar surface area (TPSA) is 53.4 Å². The van der Waals surface area contributed by atoms with E-state index >= 15 is 0 Å². The van der Waals surface area contributed by atoms with Crippen LogP contribution in [0.25, 0.3) is 0 Å². The van der Waals surface area contributed by atoms with Crippen LogP contribution < -0.4 is 4.74 Å². The molecule has 0 aliphatic carbocycles. The van der Waals surface area contributed by atoms with Gasteiger partial charge in [-0.2, -0.15) is 5.10 Å². The Kier molecular flexibility index (Phi) is 5.58. The highest BCUT2D eigenvalue weighted by atomic mass is 16.6. The van der Waals surface area contributed by atoms with Crippen LogP contribution in [0.2, 0.25) is 0 Å².